The molecule has 0 atom stereocenters. The van der Waals surface area contributed by atoms with Gasteiger partial charge in [0, 0.05) is 19.2 Å². The molecule has 1 heterocycles. The van der Waals surface area contributed by atoms with Gasteiger partial charge in [0.1, 0.15) is 11.4 Å². The van der Waals surface area contributed by atoms with Crippen LogP contribution in [0.4, 0.5) is 5.69 Å². The summed E-state index contributed by atoms with van der Waals surface area (Å²) in [6, 6.07) is 19.0. The lowest BCUT2D eigenvalue weighted by Gasteiger charge is -2.18. The molecule has 0 fully saturated rings. The van der Waals surface area contributed by atoms with Gasteiger partial charge in [-0.05, 0) is 37.3 Å². The average molecular weight is 335 g/mol. The molecule has 0 spiro atoms. The van der Waals surface area contributed by atoms with Crippen molar-refractivity contribution < 1.29 is 4.74 Å². The second-order valence-electron chi connectivity index (χ2n) is 5.71. The van der Waals surface area contributed by atoms with Gasteiger partial charge >= 0.3 is 0 Å². The van der Waals surface area contributed by atoms with Crippen molar-refractivity contribution in [3.8, 4) is 22.7 Å². The minimum absolute atomic E-state index is 0.137. The molecular formula is C20H21N3O2. The first-order chi connectivity index (χ1) is 12.1. The molecule has 2 aromatic carbocycles. The van der Waals surface area contributed by atoms with Crippen molar-refractivity contribution >= 4 is 5.69 Å². The van der Waals surface area contributed by atoms with Crippen molar-refractivity contribution in [2.24, 2.45) is 0 Å². The molecule has 128 valence electrons. The number of anilines is 1. The number of para-hydroxylation sites is 1. The summed E-state index contributed by atoms with van der Waals surface area (Å²) in [5, 5.41) is 4.59. The van der Waals surface area contributed by atoms with Crippen LogP contribution in [-0.4, -0.2) is 30.5 Å². The van der Waals surface area contributed by atoms with E-state index in [1.54, 1.807) is 7.11 Å². The van der Waals surface area contributed by atoms with Gasteiger partial charge in [0.25, 0.3) is 5.56 Å². The second kappa shape index (κ2) is 7.21. The van der Waals surface area contributed by atoms with Gasteiger partial charge in [-0.15, -0.1) is 0 Å². The van der Waals surface area contributed by atoms with E-state index in [-0.39, 0.29) is 5.56 Å². The van der Waals surface area contributed by atoms with E-state index in [2.05, 4.69) is 5.10 Å². The van der Waals surface area contributed by atoms with Gasteiger partial charge in [-0.2, -0.15) is 9.78 Å². The average Bonchev–Trinajstić information content (AvgIpc) is 2.68. The number of rotatable bonds is 5. The number of aromatic nitrogens is 2. The Bertz CT molecular complexity index is 920. The van der Waals surface area contributed by atoms with Gasteiger partial charge in [0.2, 0.25) is 0 Å². The normalized spacial score (nSPS) is 10.5. The molecule has 3 rings (SSSR count). The van der Waals surface area contributed by atoms with Crippen molar-refractivity contribution in [1.29, 1.82) is 0 Å². The zero-order valence-corrected chi connectivity index (χ0v) is 14.6. The highest BCUT2D eigenvalue weighted by Gasteiger charge is 2.14. The van der Waals surface area contributed by atoms with Crippen LogP contribution in [0, 0.1) is 0 Å². The number of benzene rings is 2. The van der Waals surface area contributed by atoms with Crippen molar-refractivity contribution in [1.82, 2.24) is 9.78 Å². The van der Waals surface area contributed by atoms with Crippen LogP contribution in [-0.2, 0) is 0 Å². The maximum atomic E-state index is 12.9. The molecule has 0 aliphatic heterocycles. The highest BCUT2D eigenvalue weighted by Crippen LogP contribution is 2.24. The van der Waals surface area contributed by atoms with Gasteiger partial charge in [-0.25, -0.2) is 0 Å². The Morgan fingerprint density at radius 2 is 1.84 bits per heavy atom. The van der Waals surface area contributed by atoms with Gasteiger partial charge < -0.3 is 9.64 Å². The number of nitrogens with zero attached hydrogens (tertiary/aromatic N) is 3. The summed E-state index contributed by atoms with van der Waals surface area (Å²) in [5.74, 6) is 0.752. The number of hydrogen-bond donors (Lipinski definition) is 0. The molecule has 3 aromatic rings. The molecule has 5 nitrogen and oxygen atoms in total. The van der Waals surface area contributed by atoms with Crippen molar-refractivity contribution in [2.75, 3.05) is 25.6 Å². The monoisotopic (exact) mass is 335 g/mol. The molecule has 0 amide bonds. The van der Waals surface area contributed by atoms with Crippen LogP contribution in [0.5, 0.6) is 5.75 Å². The minimum atomic E-state index is -0.137. The quantitative estimate of drug-likeness (QED) is 0.717. The molecule has 0 radical (unpaired) electrons. The number of hydrogen-bond acceptors (Lipinski definition) is 4. The molecule has 25 heavy (non-hydrogen) atoms. The molecule has 0 aliphatic rings. The molecule has 0 unspecified atom stereocenters. The van der Waals surface area contributed by atoms with Crippen molar-refractivity contribution in [2.45, 2.75) is 6.92 Å². The lowest BCUT2D eigenvalue weighted by molar-refractivity contribution is 0.415. The van der Waals surface area contributed by atoms with Crippen LogP contribution < -0.4 is 15.2 Å². The van der Waals surface area contributed by atoms with Crippen molar-refractivity contribution in [3.63, 3.8) is 0 Å². The molecule has 0 aliphatic carbocycles. The summed E-state index contributed by atoms with van der Waals surface area (Å²) < 4.78 is 6.76. The Hall–Kier alpha value is -3.08. The van der Waals surface area contributed by atoms with Gasteiger partial charge in [-0.3, -0.25) is 4.79 Å². The van der Waals surface area contributed by atoms with E-state index in [0.29, 0.717) is 5.69 Å². The fraction of sp³-hybridized carbons (Fsp3) is 0.200. The van der Waals surface area contributed by atoms with E-state index in [0.717, 1.165) is 29.2 Å². The zero-order chi connectivity index (χ0) is 17.8. The third kappa shape index (κ3) is 3.40. The van der Waals surface area contributed by atoms with E-state index in [1.165, 1.54) is 4.68 Å². The molecule has 1 aromatic heterocycles. The first kappa shape index (κ1) is 16.8. The Morgan fingerprint density at radius 3 is 2.52 bits per heavy atom. The van der Waals surface area contributed by atoms with Crippen LogP contribution in [0.3, 0.4) is 0 Å². The Labute approximate surface area is 147 Å². The summed E-state index contributed by atoms with van der Waals surface area (Å²) in [6.45, 7) is 2.74. The molecule has 0 saturated heterocycles. The van der Waals surface area contributed by atoms with Crippen LogP contribution in [0.15, 0.2) is 65.5 Å². The van der Waals surface area contributed by atoms with Crippen LogP contribution in [0.1, 0.15) is 6.92 Å². The third-order valence-electron chi connectivity index (χ3n) is 4.14. The van der Waals surface area contributed by atoms with Crippen LogP contribution in [0.2, 0.25) is 0 Å². The molecule has 5 heteroatoms. The lowest BCUT2D eigenvalue weighted by Crippen LogP contribution is -2.30. The number of methoxy groups -OCH3 is 1. The SMILES string of the molecule is CCN(C)c1cc(-c2cccc(OC)c2)nn(-c2ccccc2)c1=O. The Morgan fingerprint density at radius 1 is 1.08 bits per heavy atom. The summed E-state index contributed by atoms with van der Waals surface area (Å²) in [4.78, 5) is 14.8. The topological polar surface area (TPSA) is 47.4 Å². The maximum absolute atomic E-state index is 12.9. The van der Waals surface area contributed by atoms with Crippen LogP contribution in [0.25, 0.3) is 16.9 Å². The Kier molecular flexibility index (Phi) is 4.84. The summed E-state index contributed by atoms with van der Waals surface area (Å²) in [7, 11) is 3.54. The smallest absolute Gasteiger partial charge is 0.295 e. The molecule has 0 N–H and O–H groups in total. The zero-order valence-electron chi connectivity index (χ0n) is 14.6. The van der Waals surface area contributed by atoms with Gasteiger partial charge in [0.15, 0.2) is 0 Å². The fourth-order valence-electron chi connectivity index (χ4n) is 2.59. The summed E-state index contributed by atoms with van der Waals surface area (Å²) in [6.07, 6.45) is 0. The van der Waals surface area contributed by atoms with E-state index in [1.807, 2.05) is 79.5 Å². The first-order valence-corrected chi connectivity index (χ1v) is 8.19. The second-order valence-corrected chi connectivity index (χ2v) is 5.71. The Balaban J connectivity index is 2.24. The van der Waals surface area contributed by atoms with Crippen molar-refractivity contribution in [3.05, 3.63) is 71.0 Å². The van der Waals surface area contributed by atoms with E-state index in [9.17, 15) is 4.79 Å². The van der Waals surface area contributed by atoms with Gasteiger partial charge in [0.05, 0.1) is 18.5 Å². The number of ether oxygens (including phenoxy) is 1. The maximum Gasteiger partial charge on any atom is 0.295 e. The van der Waals surface area contributed by atoms with Gasteiger partial charge in [-0.1, -0.05) is 30.3 Å². The van der Waals surface area contributed by atoms with E-state index >= 15 is 0 Å². The standard InChI is InChI=1S/C20H21N3O2/c1-4-22(2)19-14-18(15-9-8-12-17(13-15)25-3)21-23(20(19)24)16-10-6-5-7-11-16/h5-14H,4H2,1-3H3. The van der Waals surface area contributed by atoms with E-state index < -0.39 is 0 Å². The predicted molar refractivity (Wildman–Crippen MR) is 101 cm³/mol. The fourth-order valence-corrected chi connectivity index (χ4v) is 2.59. The summed E-state index contributed by atoms with van der Waals surface area (Å²) >= 11 is 0. The van der Waals surface area contributed by atoms with Crippen LogP contribution >= 0.6 is 0 Å². The van der Waals surface area contributed by atoms with E-state index in [4.69, 9.17) is 4.74 Å². The molecule has 0 saturated carbocycles. The third-order valence-corrected chi connectivity index (χ3v) is 4.14. The largest absolute Gasteiger partial charge is 0.497 e. The highest BCUT2D eigenvalue weighted by molar-refractivity contribution is 5.65. The lowest BCUT2D eigenvalue weighted by atomic mass is 10.1. The minimum Gasteiger partial charge on any atom is -0.497 e. The first-order valence-electron chi connectivity index (χ1n) is 8.19. The summed E-state index contributed by atoms with van der Waals surface area (Å²) in [5.41, 5.74) is 2.83. The predicted octanol–water partition coefficient (Wildman–Crippen LogP) is 3.36. The molecular weight excluding hydrogens is 314 g/mol. The highest BCUT2D eigenvalue weighted by atomic mass is 16.5. The molecule has 0 bridgehead atoms.